The Hall–Kier alpha value is -2.81. The predicted octanol–water partition coefficient (Wildman–Crippen LogP) is 1.93. The fourth-order valence-corrected chi connectivity index (χ4v) is 3.20. The highest BCUT2D eigenvalue weighted by Crippen LogP contribution is 2.16. The number of sulfone groups is 1. The summed E-state index contributed by atoms with van der Waals surface area (Å²) in [5, 5.41) is 11.2. The first kappa shape index (κ1) is 18.5. The summed E-state index contributed by atoms with van der Waals surface area (Å²) in [7, 11) is -3.81. The highest BCUT2D eigenvalue weighted by atomic mass is 32.2. The first-order valence-electron chi connectivity index (χ1n) is 7.34. The van der Waals surface area contributed by atoms with Crippen molar-refractivity contribution in [2.45, 2.75) is 12.7 Å². The van der Waals surface area contributed by atoms with Crippen molar-refractivity contribution in [3.05, 3.63) is 47.9 Å². The Kier molecular flexibility index (Phi) is 5.81. The molecule has 0 aliphatic carbocycles. The summed E-state index contributed by atoms with van der Waals surface area (Å²) in [5.74, 6) is -3.05. The molecule has 25 heavy (non-hydrogen) atoms. The second kappa shape index (κ2) is 7.84. The lowest BCUT2D eigenvalue weighted by Crippen LogP contribution is -2.23. The number of carbonyl (C=O) groups is 2. The van der Waals surface area contributed by atoms with E-state index in [4.69, 9.17) is 14.3 Å². The van der Waals surface area contributed by atoms with Gasteiger partial charge in [-0.25, -0.2) is 13.2 Å². The molecule has 0 fully saturated rings. The van der Waals surface area contributed by atoms with Crippen LogP contribution in [0.5, 0.6) is 5.75 Å². The zero-order valence-corrected chi connectivity index (χ0v) is 14.2. The quantitative estimate of drug-likeness (QED) is 0.731. The van der Waals surface area contributed by atoms with Gasteiger partial charge in [-0.3, -0.25) is 4.79 Å². The third kappa shape index (κ3) is 5.64. The fraction of sp³-hybridized carbons (Fsp3) is 0.250. The van der Waals surface area contributed by atoms with E-state index in [-0.39, 0.29) is 11.5 Å². The van der Waals surface area contributed by atoms with Crippen molar-refractivity contribution in [1.82, 2.24) is 0 Å². The van der Waals surface area contributed by atoms with Crippen LogP contribution in [0.1, 0.15) is 23.2 Å². The lowest BCUT2D eigenvalue weighted by Gasteiger charge is -2.07. The summed E-state index contributed by atoms with van der Waals surface area (Å²) in [4.78, 5) is 22.6. The maximum Gasteiger partial charge on any atom is 0.371 e. The average Bonchev–Trinajstić information content (AvgIpc) is 2.96. The van der Waals surface area contributed by atoms with E-state index in [0.29, 0.717) is 18.0 Å². The van der Waals surface area contributed by atoms with E-state index in [2.05, 4.69) is 5.32 Å². The Morgan fingerprint density at radius 3 is 2.40 bits per heavy atom. The van der Waals surface area contributed by atoms with Gasteiger partial charge in [0.05, 0.1) is 6.61 Å². The molecule has 134 valence electrons. The molecule has 1 aromatic carbocycles. The third-order valence-corrected chi connectivity index (χ3v) is 4.46. The smallest absolute Gasteiger partial charge is 0.371 e. The Balaban J connectivity index is 1.94. The molecule has 0 unspecified atom stereocenters. The number of rotatable bonds is 8. The van der Waals surface area contributed by atoms with Gasteiger partial charge in [0.2, 0.25) is 11.7 Å². The van der Waals surface area contributed by atoms with Crippen molar-refractivity contribution in [2.24, 2.45) is 0 Å². The number of carboxylic acid groups (broad SMARTS) is 1. The monoisotopic (exact) mass is 367 g/mol. The average molecular weight is 367 g/mol. The van der Waals surface area contributed by atoms with E-state index in [1.165, 1.54) is 6.07 Å². The lowest BCUT2D eigenvalue weighted by molar-refractivity contribution is -0.113. The number of anilines is 1. The van der Waals surface area contributed by atoms with E-state index in [9.17, 15) is 18.0 Å². The van der Waals surface area contributed by atoms with Crippen molar-refractivity contribution in [3.63, 3.8) is 0 Å². The van der Waals surface area contributed by atoms with Crippen LogP contribution in [-0.4, -0.2) is 37.8 Å². The van der Waals surface area contributed by atoms with E-state index in [1.807, 2.05) is 6.92 Å². The molecular formula is C16H17NO7S. The van der Waals surface area contributed by atoms with E-state index in [0.717, 1.165) is 6.07 Å². The summed E-state index contributed by atoms with van der Waals surface area (Å²) < 4.78 is 34.2. The second-order valence-electron chi connectivity index (χ2n) is 5.11. The maximum absolute atomic E-state index is 12.0. The summed E-state index contributed by atoms with van der Waals surface area (Å²) >= 11 is 0. The van der Waals surface area contributed by atoms with Gasteiger partial charge in [-0.1, -0.05) is 0 Å². The van der Waals surface area contributed by atoms with Crippen LogP contribution in [0.4, 0.5) is 5.69 Å². The molecule has 0 saturated heterocycles. The van der Waals surface area contributed by atoms with Gasteiger partial charge in [-0.15, -0.1) is 0 Å². The van der Waals surface area contributed by atoms with Gasteiger partial charge in [-0.05, 0) is 43.3 Å². The molecule has 0 radical (unpaired) electrons. The topological polar surface area (TPSA) is 123 Å². The molecule has 1 amide bonds. The van der Waals surface area contributed by atoms with Crippen LogP contribution in [0.2, 0.25) is 0 Å². The molecular weight excluding hydrogens is 350 g/mol. The first-order valence-corrected chi connectivity index (χ1v) is 9.16. The predicted molar refractivity (Wildman–Crippen MR) is 89.4 cm³/mol. The number of furan rings is 1. The van der Waals surface area contributed by atoms with Crippen LogP contribution in [0, 0.1) is 0 Å². The SMILES string of the molecule is CCOc1ccc(NC(=O)CS(=O)(=O)Cc2ccc(C(=O)O)o2)cc1. The van der Waals surface area contributed by atoms with Crippen LogP contribution in [0.3, 0.4) is 0 Å². The van der Waals surface area contributed by atoms with E-state index < -0.39 is 33.2 Å². The van der Waals surface area contributed by atoms with E-state index in [1.54, 1.807) is 24.3 Å². The summed E-state index contributed by atoms with van der Waals surface area (Å²) in [5.41, 5.74) is 0.440. The third-order valence-electron chi connectivity index (χ3n) is 3.03. The van der Waals surface area contributed by atoms with Gasteiger partial charge in [0.25, 0.3) is 0 Å². The van der Waals surface area contributed by atoms with Crippen LogP contribution < -0.4 is 10.1 Å². The number of aromatic carboxylic acids is 1. The number of nitrogens with one attached hydrogen (secondary N) is 1. The van der Waals surface area contributed by atoms with Crippen LogP contribution >= 0.6 is 0 Å². The largest absolute Gasteiger partial charge is 0.494 e. The number of benzene rings is 1. The Morgan fingerprint density at radius 2 is 1.84 bits per heavy atom. The van der Waals surface area contributed by atoms with Gasteiger partial charge in [0, 0.05) is 5.69 Å². The zero-order chi connectivity index (χ0) is 18.4. The Morgan fingerprint density at radius 1 is 1.16 bits per heavy atom. The maximum atomic E-state index is 12.0. The van der Waals surface area contributed by atoms with Crippen molar-refractivity contribution in [2.75, 3.05) is 17.7 Å². The van der Waals surface area contributed by atoms with Crippen LogP contribution in [0.25, 0.3) is 0 Å². The molecule has 9 heteroatoms. The fourth-order valence-electron chi connectivity index (χ4n) is 2.04. The van der Waals surface area contributed by atoms with Gasteiger partial charge < -0.3 is 19.6 Å². The highest BCUT2D eigenvalue weighted by molar-refractivity contribution is 7.91. The van der Waals surface area contributed by atoms with Crippen molar-refractivity contribution >= 4 is 27.4 Å². The van der Waals surface area contributed by atoms with Gasteiger partial charge in [0.1, 0.15) is 23.0 Å². The summed E-state index contributed by atoms with van der Waals surface area (Å²) in [6.07, 6.45) is 0. The molecule has 2 rings (SSSR count). The molecule has 1 aromatic heterocycles. The summed E-state index contributed by atoms with van der Waals surface area (Å²) in [6.45, 7) is 2.36. The minimum Gasteiger partial charge on any atom is -0.494 e. The number of hydrogen-bond acceptors (Lipinski definition) is 6. The minimum absolute atomic E-state index is 0.0359. The molecule has 0 bridgehead atoms. The molecule has 0 aliphatic heterocycles. The highest BCUT2D eigenvalue weighted by Gasteiger charge is 2.20. The zero-order valence-electron chi connectivity index (χ0n) is 13.4. The van der Waals surface area contributed by atoms with Crippen LogP contribution in [0.15, 0.2) is 40.8 Å². The molecule has 2 aromatic rings. The number of ether oxygens (including phenoxy) is 1. The molecule has 0 atom stereocenters. The standard InChI is InChI=1S/C16H17NO7S/c1-2-23-12-5-3-11(4-6-12)17-15(18)10-25(21,22)9-13-7-8-14(24-13)16(19)20/h3-8H,2,9-10H2,1H3,(H,17,18)(H,19,20). The molecule has 8 nitrogen and oxygen atoms in total. The van der Waals surface area contributed by atoms with Crippen molar-refractivity contribution in [3.8, 4) is 5.75 Å². The van der Waals surface area contributed by atoms with Crippen molar-refractivity contribution < 1.29 is 32.3 Å². The minimum atomic E-state index is -3.81. The van der Waals surface area contributed by atoms with Gasteiger partial charge >= 0.3 is 5.97 Å². The number of amides is 1. The van der Waals surface area contributed by atoms with Gasteiger partial charge in [0.15, 0.2) is 9.84 Å². The normalized spacial score (nSPS) is 11.1. The molecule has 0 aliphatic rings. The lowest BCUT2D eigenvalue weighted by atomic mass is 10.3. The Bertz CT molecular complexity index is 853. The van der Waals surface area contributed by atoms with Gasteiger partial charge in [-0.2, -0.15) is 0 Å². The second-order valence-corrected chi connectivity index (χ2v) is 7.17. The molecule has 2 N–H and O–H groups in total. The number of carbonyl (C=O) groups excluding carboxylic acids is 1. The molecule has 1 heterocycles. The van der Waals surface area contributed by atoms with Crippen LogP contribution in [-0.2, 0) is 20.4 Å². The Labute approximate surface area is 144 Å². The summed E-state index contributed by atoms with van der Waals surface area (Å²) in [6, 6.07) is 8.93. The number of carboxylic acids is 1. The number of hydrogen-bond donors (Lipinski definition) is 2. The molecule has 0 spiro atoms. The van der Waals surface area contributed by atoms with Crippen molar-refractivity contribution in [1.29, 1.82) is 0 Å². The van der Waals surface area contributed by atoms with E-state index >= 15 is 0 Å². The first-order chi connectivity index (χ1) is 11.8. The molecule has 0 saturated carbocycles.